The van der Waals surface area contributed by atoms with E-state index in [9.17, 15) is 0 Å². The number of nitrogens with zero attached hydrogens (tertiary/aromatic N) is 3. The maximum Gasteiger partial charge on any atom is 0.247 e. The predicted octanol–water partition coefficient (Wildman–Crippen LogP) is 2.41. The summed E-state index contributed by atoms with van der Waals surface area (Å²) in [6.07, 6.45) is 3.02. The van der Waals surface area contributed by atoms with E-state index < -0.39 is 0 Å². The molecule has 0 radical (unpaired) electrons. The molecule has 0 saturated carbocycles. The van der Waals surface area contributed by atoms with Crippen LogP contribution in [0.25, 0.3) is 11.5 Å². The summed E-state index contributed by atoms with van der Waals surface area (Å²) in [5.41, 5.74) is 2.14. The largest absolute Gasteiger partial charge is 0.419 e. The topological polar surface area (TPSA) is 71.6 Å². The van der Waals surface area contributed by atoms with Crippen molar-refractivity contribution >= 4 is 0 Å². The summed E-state index contributed by atoms with van der Waals surface area (Å²) >= 11 is 0. The fourth-order valence-corrected chi connectivity index (χ4v) is 2.95. The van der Waals surface area contributed by atoms with E-state index in [4.69, 9.17) is 14.3 Å². The van der Waals surface area contributed by atoms with E-state index in [1.807, 2.05) is 31.2 Å². The molecule has 0 amide bonds. The van der Waals surface area contributed by atoms with Gasteiger partial charge >= 0.3 is 0 Å². The van der Waals surface area contributed by atoms with Gasteiger partial charge in [0.25, 0.3) is 0 Å². The van der Waals surface area contributed by atoms with Gasteiger partial charge in [-0.2, -0.15) is 0 Å². The van der Waals surface area contributed by atoms with Crippen LogP contribution in [0.15, 0.2) is 28.7 Å². The Kier molecular flexibility index (Phi) is 5.96. The maximum absolute atomic E-state index is 8.79. The summed E-state index contributed by atoms with van der Waals surface area (Å²) in [6.45, 7) is 5.50. The average Bonchev–Trinajstić information content (AvgIpc) is 3.05. The monoisotopic (exact) mass is 331 g/mol. The molecule has 6 heteroatoms. The number of hydrogen-bond donors (Lipinski definition) is 1. The smallest absolute Gasteiger partial charge is 0.247 e. The molecule has 0 unspecified atom stereocenters. The van der Waals surface area contributed by atoms with Gasteiger partial charge in [0.15, 0.2) is 0 Å². The molecular formula is C18H25N3O3. The summed E-state index contributed by atoms with van der Waals surface area (Å²) in [4.78, 5) is 2.32. The maximum atomic E-state index is 8.79. The second-order valence-electron chi connectivity index (χ2n) is 6.29. The van der Waals surface area contributed by atoms with Gasteiger partial charge in [-0.15, -0.1) is 10.2 Å². The lowest BCUT2D eigenvalue weighted by molar-refractivity contribution is -0.000571. The molecule has 2 heterocycles. The van der Waals surface area contributed by atoms with Crippen molar-refractivity contribution in [2.24, 2.45) is 0 Å². The Balaban J connectivity index is 1.49. The number of hydrogen-bond acceptors (Lipinski definition) is 6. The molecule has 1 aliphatic heterocycles. The zero-order valence-electron chi connectivity index (χ0n) is 14.1. The number of benzene rings is 1. The molecule has 0 bridgehead atoms. The highest BCUT2D eigenvalue weighted by Crippen LogP contribution is 2.21. The Morgan fingerprint density at radius 2 is 2.12 bits per heavy atom. The number of aliphatic hydroxyl groups excluding tert-OH is 1. The number of aliphatic hydroxyl groups is 1. The number of piperidine rings is 1. The van der Waals surface area contributed by atoms with Crippen LogP contribution in [0.2, 0.25) is 0 Å². The minimum absolute atomic E-state index is 0.194. The van der Waals surface area contributed by atoms with Crippen molar-refractivity contribution in [1.29, 1.82) is 0 Å². The van der Waals surface area contributed by atoms with Gasteiger partial charge in [-0.05, 0) is 38.3 Å². The summed E-state index contributed by atoms with van der Waals surface area (Å²) in [6, 6.07) is 8.08. The number of aryl methyl sites for hydroxylation is 1. The molecule has 0 atom stereocenters. The minimum Gasteiger partial charge on any atom is -0.419 e. The summed E-state index contributed by atoms with van der Waals surface area (Å²) < 4.78 is 11.6. The van der Waals surface area contributed by atoms with Gasteiger partial charge in [-0.1, -0.05) is 17.7 Å². The van der Waals surface area contributed by atoms with E-state index in [1.54, 1.807) is 0 Å². The molecule has 2 aromatic rings. The second kappa shape index (κ2) is 8.37. The van der Waals surface area contributed by atoms with E-state index in [-0.39, 0.29) is 6.61 Å². The molecule has 1 saturated heterocycles. The van der Waals surface area contributed by atoms with Crippen molar-refractivity contribution in [3.05, 3.63) is 35.7 Å². The van der Waals surface area contributed by atoms with Crippen LogP contribution >= 0.6 is 0 Å². The van der Waals surface area contributed by atoms with Crippen molar-refractivity contribution in [2.45, 2.75) is 38.8 Å². The Labute approximate surface area is 142 Å². The van der Waals surface area contributed by atoms with Crippen LogP contribution in [0, 0.1) is 6.92 Å². The lowest BCUT2D eigenvalue weighted by atomic mass is 10.1. The van der Waals surface area contributed by atoms with Crippen LogP contribution in [-0.2, 0) is 11.3 Å². The van der Waals surface area contributed by atoms with Gasteiger partial charge < -0.3 is 14.3 Å². The van der Waals surface area contributed by atoms with Crippen molar-refractivity contribution in [2.75, 3.05) is 26.3 Å². The first kappa shape index (κ1) is 17.1. The van der Waals surface area contributed by atoms with Crippen LogP contribution in [0.3, 0.4) is 0 Å². The molecule has 6 nitrogen and oxygen atoms in total. The molecular weight excluding hydrogens is 306 g/mol. The highest BCUT2D eigenvalue weighted by molar-refractivity contribution is 5.53. The fourth-order valence-electron chi connectivity index (χ4n) is 2.95. The van der Waals surface area contributed by atoms with Gasteiger partial charge in [-0.25, -0.2) is 0 Å². The van der Waals surface area contributed by atoms with Crippen molar-refractivity contribution in [3.8, 4) is 11.5 Å². The zero-order chi connectivity index (χ0) is 16.8. The number of aromatic nitrogens is 2. The first-order chi connectivity index (χ1) is 11.7. The minimum atomic E-state index is 0.194. The Morgan fingerprint density at radius 3 is 2.88 bits per heavy atom. The standard InChI is InChI=1S/C18H25N3O3/c1-14-4-2-5-15(12-14)18-20-19-17(24-18)13-21-8-6-16(7-9-21)23-11-3-10-22/h2,4-5,12,16,22H,3,6-11,13H2,1H3. The molecule has 1 fully saturated rings. The molecule has 1 aromatic heterocycles. The van der Waals surface area contributed by atoms with E-state index in [2.05, 4.69) is 15.1 Å². The van der Waals surface area contributed by atoms with Gasteiger partial charge in [-0.3, -0.25) is 4.90 Å². The third kappa shape index (κ3) is 4.63. The molecule has 3 rings (SSSR count). The van der Waals surface area contributed by atoms with Crippen LogP contribution in [0.5, 0.6) is 0 Å². The van der Waals surface area contributed by atoms with E-state index in [0.29, 0.717) is 37.5 Å². The summed E-state index contributed by atoms with van der Waals surface area (Å²) in [5, 5.41) is 17.1. The third-order valence-electron chi connectivity index (χ3n) is 4.28. The number of ether oxygens (including phenoxy) is 1. The molecule has 1 aliphatic rings. The first-order valence-corrected chi connectivity index (χ1v) is 8.59. The lowest BCUT2D eigenvalue weighted by Crippen LogP contribution is -2.36. The molecule has 1 aromatic carbocycles. The lowest BCUT2D eigenvalue weighted by Gasteiger charge is -2.30. The van der Waals surface area contributed by atoms with Crippen LogP contribution in [0.1, 0.15) is 30.7 Å². The van der Waals surface area contributed by atoms with E-state index >= 15 is 0 Å². The van der Waals surface area contributed by atoms with Crippen LogP contribution in [0.4, 0.5) is 0 Å². The Morgan fingerprint density at radius 1 is 1.29 bits per heavy atom. The normalized spacial score (nSPS) is 16.6. The van der Waals surface area contributed by atoms with Crippen LogP contribution < -0.4 is 0 Å². The highest BCUT2D eigenvalue weighted by atomic mass is 16.5. The Bertz CT molecular complexity index is 636. The fraction of sp³-hybridized carbons (Fsp3) is 0.556. The molecule has 0 aliphatic carbocycles. The van der Waals surface area contributed by atoms with Crippen molar-refractivity contribution in [1.82, 2.24) is 15.1 Å². The van der Waals surface area contributed by atoms with Crippen molar-refractivity contribution < 1.29 is 14.3 Å². The van der Waals surface area contributed by atoms with Crippen LogP contribution in [-0.4, -0.2) is 52.6 Å². The van der Waals surface area contributed by atoms with Gasteiger partial charge in [0, 0.05) is 31.9 Å². The van der Waals surface area contributed by atoms with Gasteiger partial charge in [0.05, 0.1) is 12.6 Å². The third-order valence-corrected chi connectivity index (χ3v) is 4.28. The SMILES string of the molecule is Cc1cccc(-c2nnc(CN3CCC(OCCCO)CC3)o2)c1. The molecule has 0 spiro atoms. The average molecular weight is 331 g/mol. The van der Waals surface area contributed by atoms with E-state index in [0.717, 1.165) is 31.5 Å². The summed E-state index contributed by atoms with van der Waals surface area (Å²) in [5.74, 6) is 1.24. The highest BCUT2D eigenvalue weighted by Gasteiger charge is 2.21. The predicted molar refractivity (Wildman–Crippen MR) is 90.4 cm³/mol. The first-order valence-electron chi connectivity index (χ1n) is 8.59. The van der Waals surface area contributed by atoms with E-state index in [1.165, 1.54) is 5.56 Å². The Hall–Kier alpha value is -1.76. The number of likely N-dealkylation sites (tertiary alicyclic amines) is 1. The molecule has 1 N–H and O–H groups in total. The van der Waals surface area contributed by atoms with Gasteiger partial charge in [0.1, 0.15) is 0 Å². The zero-order valence-corrected chi connectivity index (χ0v) is 14.1. The van der Waals surface area contributed by atoms with Gasteiger partial charge in [0.2, 0.25) is 11.8 Å². The summed E-state index contributed by atoms with van der Waals surface area (Å²) in [7, 11) is 0. The second-order valence-corrected chi connectivity index (χ2v) is 6.29. The molecule has 24 heavy (non-hydrogen) atoms. The number of rotatable bonds is 7. The quantitative estimate of drug-likeness (QED) is 0.786. The molecule has 130 valence electrons. The van der Waals surface area contributed by atoms with Crippen molar-refractivity contribution in [3.63, 3.8) is 0 Å².